The van der Waals surface area contributed by atoms with E-state index in [1.807, 2.05) is 39.8 Å². The minimum atomic E-state index is -0.991. The minimum Gasteiger partial charge on any atom is -0.460 e. The quantitative estimate of drug-likeness (QED) is 0.595. The van der Waals surface area contributed by atoms with Gasteiger partial charge < -0.3 is 9.47 Å². The first kappa shape index (κ1) is 17.5. The average Bonchev–Trinajstić information content (AvgIpc) is 2.35. The molecule has 1 rings (SSSR count). The van der Waals surface area contributed by atoms with Crippen molar-refractivity contribution in [2.75, 3.05) is 6.61 Å². The van der Waals surface area contributed by atoms with E-state index in [9.17, 15) is 9.59 Å². The van der Waals surface area contributed by atoms with Gasteiger partial charge in [-0.2, -0.15) is 0 Å². The lowest BCUT2D eigenvalue weighted by Gasteiger charge is -2.13. The summed E-state index contributed by atoms with van der Waals surface area (Å²) >= 11 is 5.87. The van der Waals surface area contributed by atoms with Crippen LogP contribution >= 0.6 is 11.6 Å². The number of carbonyl (C=O) groups is 2. The van der Waals surface area contributed by atoms with Crippen molar-refractivity contribution in [1.29, 1.82) is 0 Å². The van der Waals surface area contributed by atoms with Gasteiger partial charge >= 0.3 is 11.9 Å². The molecule has 0 aromatic heterocycles. The Morgan fingerprint density at radius 1 is 1.24 bits per heavy atom. The largest absolute Gasteiger partial charge is 0.460 e. The molecule has 5 heteroatoms. The van der Waals surface area contributed by atoms with E-state index in [2.05, 4.69) is 0 Å². The number of halogens is 1. The van der Waals surface area contributed by atoms with Gasteiger partial charge in [0.15, 0.2) is 0 Å². The molecule has 0 spiro atoms. The highest BCUT2D eigenvalue weighted by atomic mass is 35.5. The molecule has 0 aliphatic heterocycles. The molecule has 0 N–H and O–H groups in total. The molecule has 1 unspecified atom stereocenters. The third-order valence-corrected chi connectivity index (χ3v) is 3.00. The summed E-state index contributed by atoms with van der Waals surface area (Å²) in [5, 5.41) is 0. The van der Waals surface area contributed by atoms with Crippen LogP contribution in [0.1, 0.15) is 41.8 Å². The number of esters is 2. The van der Waals surface area contributed by atoms with Gasteiger partial charge in [0.2, 0.25) is 5.56 Å². The standard InChI is InChI=1S/C16H21ClO4/c1-10(2)7-15(18)20-9-14(17)21-16(19)13-6-5-11(3)8-12(13)4/h5-6,8,10,14H,7,9H2,1-4H3. The van der Waals surface area contributed by atoms with Crippen LogP contribution in [0.4, 0.5) is 0 Å². The summed E-state index contributed by atoms with van der Waals surface area (Å²) in [6, 6.07) is 5.42. The average molecular weight is 313 g/mol. The molecule has 21 heavy (non-hydrogen) atoms. The minimum absolute atomic E-state index is 0.149. The fraction of sp³-hybridized carbons (Fsp3) is 0.500. The third kappa shape index (κ3) is 6.17. The van der Waals surface area contributed by atoms with E-state index in [1.54, 1.807) is 6.07 Å². The van der Waals surface area contributed by atoms with Crippen molar-refractivity contribution in [1.82, 2.24) is 0 Å². The maximum Gasteiger partial charge on any atom is 0.340 e. The van der Waals surface area contributed by atoms with Crippen LogP contribution in [0.3, 0.4) is 0 Å². The van der Waals surface area contributed by atoms with Crippen molar-refractivity contribution in [3.8, 4) is 0 Å². The molecule has 0 bridgehead atoms. The van der Waals surface area contributed by atoms with Crippen LogP contribution in [0, 0.1) is 19.8 Å². The fourth-order valence-electron chi connectivity index (χ4n) is 1.81. The lowest BCUT2D eigenvalue weighted by Crippen LogP contribution is -2.21. The van der Waals surface area contributed by atoms with Gasteiger partial charge in [-0.1, -0.05) is 43.1 Å². The summed E-state index contributed by atoms with van der Waals surface area (Å²) < 4.78 is 10.0. The molecule has 0 aliphatic carbocycles. The Labute approximate surface area is 130 Å². The summed E-state index contributed by atoms with van der Waals surface area (Å²) in [4.78, 5) is 23.3. The van der Waals surface area contributed by atoms with Crippen LogP contribution in [0.2, 0.25) is 0 Å². The fourth-order valence-corrected chi connectivity index (χ4v) is 1.95. The van der Waals surface area contributed by atoms with Gasteiger partial charge in [0.05, 0.1) is 5.56 Å². The number of alkyl halides is 1. The lowest BCUT2D eigenvalue weighted by molar-refractivity contribution is -0.146. The molecule has 1 aromatic rings. The predicted octanol–water partition coefficient (Wildman–Crippen LogP) is 3.61. The van der Waals surface area contributed by atoms with Gasteiger partial charge in [0.1, 0.15) is 6.61 Å². The third-order valence-electron chi connectivity index (χ3n) is 2.79. The topological polar surface area (TPSA) is 52.6 Å². The van der Waals surface area contributed by atoms with Gasteiger partial charge in [-0.15, -0.1) is 0 Å². The Balaban J connectivity index is 2.49. The monoisotopic (exact) mass is 312 g/mol. The Morgan fingerprint density at radius 2 is 1.90 bits per heavy atom. The van der Waals surface area contributed by atoms with Crippen LogP contribution in [0.5, 0.6) is 0 Å². The zero-order valence-corrected chi connectivity index (χ0v) is 13.6. The summed E-state index contributed by atoms with van der Waals surface area (Å²) in [5.41, 5.74) is 1.35. The molecule has 4 nitrogen and oxygen atoms in total. The zero-order chi connectivity index (χ0) is 16.0. The van der Waals surface area contributed by atoms with Crippen molar-refractivity contribution < 1.29 is 19.1 Å². The van der Waals surface area contributed by atoms with Crippen molar-refractivity contribution in [2.24, 2.45) is 5.92 Å². The van der Waals surface area contributed by atoms with Gasteiger partial charge in [0.25, 0.3) is 0 Å². The van der Waals surface area contributed by atoms with Crippen molar-refractivity contribution in [2.45, 2.75) is 39.7 Å². The number of benzene rings is 1. The number of aryl methyl sites for hydroxylation is 2. The van der Waals surface area contributed by atoms with Crippen LogP contribution < -0.4 is 0 Å². The van der Waals surface area contributed by atoms with Crippen molar-refractivity contribution in [3.05, 3.63) is 34.9 Å². The Kier molecular flexibility index (Phi) is 6.69. The Hall–Kier alpha value is -1.55. The second-order valence-corrected chi connectivity index (χ2v) is 5.90. The SMILES string of the molecule is Cc1ccc(C(=O)OC(Cl)COC(=O)CC(C)C)c(C)c1. The first-order chi connectivity index (χ1) is 9.79. The first-order valence-corrected chi connectivity index (χ1v) is 7.31. The highest BCUT2D eigenvalue weighted by Crippen LogP contribution is 2.14. The molecule has 0 amide bonds. The molecule has 0 aliphatic rings. The van der Waals surface area contributed by atoms with E-state index in [0.29, 0.717) is 12.0 Å². The zero-order valence-electron chi connectivity index (χ0n) is 12.8. The highest BCUT2D eigenvalue weighted by Gasteiger charge is 2.17. The first-order valence-electron chi connectivity index (χ1n) is 6.87. The normalized spacial score (nSPS) is 12.1. The van der Waals surface area contributed by atoms with E-state index in [0.717, 1.165) is 11.1 Å². The highest BCUT2D eigenvalue weighted by molar-refractivity contribution is 6.20. The molecular formula is C16H21ClO4. The van der Waals surface area contributed by atoms with Gasteiger partial charge in [-0.3, -0.25) is 4.79 Å². The Morgan fingerprint density at radius 3 is 2.48 bits per heavy atom. The maximum atomic E-state index is 12.0. The molecule has 1 aromatic carbocycles. The summed E-state index contributed by atoms with van der Waals surface area (Å²) in [6.07, 6.45) is 0.314. The summed E-state index contributed by atoms with van der Waals surface area (Å²) in [6.45, 7) is 7.46. The van der Waals surface area contributed by atoms with Crippen molar-refractivity contribution >= 4 is 23.5 Å². The molecule has 0 fully saturated rings. The molecule has 0 heterocycles. The van der Waals surface area contributed by atoms with E-state index in [-0.39, 0.29) is 18.5 Å². The number of ether oxygens (including phenoxy) is 2. The number of hydrogen-bond acceptors (Lipinski definition) is 4. The van der Waals surface area contributed by atoms with E-state index in [1.165, 1.54) is 0 Å². The molecule has 1 atom stereocenters. The molecule has 0 saturated heterocycles. The lowest BCUT2D eigenvalue weighted by atomic mass is 10.1. The summed E-state index contributed by atoms with van der Waals surface area (Å²) in [7, 11) is 0. The van der Waals surface area contributed by atoms with Gasteiger partial charge in [-0.05, 0) is 31.4 Å². The van der Waals surface area contributed by atoms with Crippen LogP contribution in [-0.4, -0.2) is 24.1 Å². The smallest absolute Gasteiger partial charge is 0.340 e. The summed E-state index contributed by atoms with van der Waals surface area (Å²) in [5.74, 6) is -0.658. The number of carbonyl (C=O) groups excluding carboxylic acids is 2. The molecule has 0 saturated carbocycles. The maximum absolute atomic E-state index is 12.0. The second kappa shape index (κ2) is 8.03. The molecule has 0 radical (unpaired) electrons. The van der Waals surface area contributed by atoms with E-state index >= 15 is 0 Å². The number of hydrogen-bond donors (Lipinski definition) is 0. The second-order valence-electron chi connectivity index (χ2n) is 5.41. The van der Waals surface area contributed by atoms with Gasteiger partial charge in [0, 0.05) is 6.42 Å². The van der Waals surface area contributed by atoms with E-state index < -0.39 is 11.5 Å². The van der Waals surface area contributed by atoms with E-state index in [4.69, 9.17) is 21.1 Å². The van der Waals surface area contributed by atoms with Crippen LogP contribution in [-0.2, 0) is 14.3 Å². The Bertz CT molecular complexity index is 511. The predicted molar refractivity (Wildman–Crippen MR) is 81.4 cm³/mol. The molecular weight excluding hydrogens is 292 g/mol. The van der Waals surface area contributed by atoms with Crippen LogP contribution in [0.15, 0.2) is 18.2 Å². The number of rotatable bonds is 6. The van der Waals surface area contributed by atoms with Gasteiger partial charge in [-0.25, -0.2) is 4.79 Å². The molecule has 116 valence electrons. The van der Waals surface area contributed by atoms with Crippen molar-refractivity contribution in [3.63, 3.8) is 0 Å². The van der Waals surface area contributed by atoms with Crippen LogP contribution in [0.25, 0.3) is 0 Å².